The molecule has 0 aliphatic rings. The summed E-state index contributed by atoms with van der Waals surface area (Å²) in [6, 6.07) is 0. The zero-order chi connectivity index (χ0) is 11.4. The van der Waals surface area contributed by atoms with Crippen molar-refractivity contribution in [2.24, 2.45) is 7.05 Å². The molecule has 7 heteroatoms. The predicted molar refractivity (Wildman–Crippen MR) is 53.1 cm³/mol. The normalized spacial score (nSPS) is 12.5. The highest BCUT2D eigenvalue weighted by atomic mass is 32.2. The Balaban J connectivity index is 2.62. The fourth-order valence-corrected chi connectivity index (χ4v) is 1.57. The van der Waals surface area contributed by atoms with Gasteiger partial charge in [-0.1, -0.05) is 0 Å². The summed E-state index contributed by atoms with van der Waals surface area (Å²) in [6.45, 7) is 3.54. The first-order valence-corrected chi connectivity index (χ1v) is 5.27. The number of halogens is 1. The van der Waals surface area contributed by atoms with E-state index in [0.29, 0.717) is 22.7 Å². The lowest BCUT2D eigenvalue weighted by molar-refractivity contribution is -0.145. The third-order valence-corrected chi connectivity index (χ3v) is 2.70. The minimum atomic E-state index is -1.76. The monoisotopic (exact) mass is 233 g/mol. The summed E-state index contributed by atoms with van der Waals surface area (Å²) < 4.78 is 19.4. The van der Waals surface area contributed by atoms with Crippen LogP contribution in [0.25, 0.3) is 0 Å². The van der Waals surface area contributed by atoms with E-state index in [1.807, 2.05) is 0 Å². The van der Waals surface area contributed by atoms with Gasteiger partial charge >= 0.3 is 5.97 Å². The van der Waals surface area contributed by atoms with Gasteiger partial charge in [-0.25, -0.2) is 9.18 Å². The Labute approximate surface area is 91.0 Å². The number of rotatable bonds is 4. The van der Waals surface area contributed by atoms with Crippen LogP contribution in [-0.2, 0) is 16.6 Å². The Morgan fingerprint density at radius 2 is 2.33 bits per heavy atom. The smallest absolute Gasteiger partial charge is 0.351 e. The number of carbonyl (C=O) groups is 1. The van der Waals surface area contributed by atoms with Crippen molar-refractivity contribution in [3.8, 4) is 0 Å². The number of carbonyl (C=O) groups excluding carboxylic acids is 1. The largest absolute Gasteiger partial charge is 0.463 e. The van der Waals surface area contributed by atoms with Gasteiger partial charge in [-0.05, 0) is 25.6 Å². The summed E-state index contributed by atoms with van der Waals surface area (Å²) >= 11 is 0.687. The third kappa shape index (κ3) is 2.92. The van der Waals surface area contributed by atoms with Gasteiger partial charge in [0.15, 0.2) is 5.16 Å². The Bertz CT molecular complexity index is 356. The highest BCUT2D eigenvalue weighted by Crippen LogP contribution is 2.23. The lowest BCUT2D eigenvalue weighted by atomic mass is 10.7. The van der Waals surface area contributed by atoms with E-state index in [2.05, 4.69) is 14.9 Å². The molecule has 0 saturated carbocycles. The summed E-state index contributed by atoms with van der Waals surface area (Å²) in [7, 11) is 1.70. The number of alkyl halides is 1. The van der Waals surface area contributed by atoms with Crippen molar-refractivity contribution in [3.63, 3.8) is 0 Å². The molecule has 0 radical (unpaired) electrons. The third-order valence-electron chi connectivity index (χ3n) is 1.73. The Hall–Kier alpha value is -1.11. The van der Waals surface area contributed by atoms with E-state index < -0.39 is 11.5 Å². The molecule has 0 N–H and O–H groups in total. The first kappa shape index (κ1) is 12.0. The van der Waals surface area contributed by atoms with Crippen molar-refractivity contribution >= 4 is 17.7 Å². The van der Waals surface area contributed by atoms with Gasteiger partial charge in [0.05, 0.1) is 6.61 Å². The first-order chi connectivity index (χ1) is 7.06. The number of nitrogens with zero attached hydrogens (tertiary/aromatic N) is 3. The first-order valence-electron chi connectivity index (χ1n) is 4.39. The van der Waals surface area contributed by atoms with Crippen LogP contribution in [0.4, 0.5) is 4.39 Å². The molecular formula is C8H12FN3O2S. The van der Waals surface area contributed by atoms with Crippen LogP contribution in [0.5, 0.6) is 0 Å². The molecule has 1 rings (SSSR count). The van der Waals surface area contributed by atoms with Crippen molar-refractivity contribution in [1.29, 1.82) is 0 Å². The average molecular weight is 233 g/mol. The van der Waals surface area contributed by atoms with Crippen LogP contribution in [0.3, 0.4) is 0 Å². The van der Waals surface area contributed by atoms with Gasteiger partial charge in [0, 0.05) is 7.05 Å². The maximum atomic E-state index is 13.3. The summed E-state index contributed by atoms with van der Waals surface area (Å²) in [4.78, 5) is 11.0. The minimum Gasteiger partial charge on any atom is -0.463 e. The molecule has 0 bridgehead atoms. The second-order valence-corrected chi connectivity index (χ2v) is 3.79. The highest BCUT2D eigenvalue weighted by molar-refractivity contribution is 8.00. The molecule has 0 fully saturated rings. The van der Waals surface area contributed by atoms with Crippen LogP contribution in [0, 0.1) is 6.92 Å². The maximum absolute atomic E-state index is 13.3. The number of thioether (sulfide) groups is 1. The van der Waals surface area contributed by atoms with Crippen molar-refractivity contribution in [2.45, 2.75) is 24.5 Å². The van der Waals surface area contributed by atoms with Gasteiger partial charge < -0.3 is 9.30 Å². The minimum absolute atomic E-state index is 0.164. The molecule has 1 heterocycles. The summed E-state index contributed by atoms with van der Waals surface area (Å²) in [5, 5.41) is 7.83. The van der Waals surface area contributed by atoms with E-state index in [0.717, 1.165) is 0 Å². The van der Waals surface area contributed by atoms with E-state index in [9.17, 15) is 9.18 Å². The van der Waals surface area contributed by atoms with Gasteiger partial charge in [-0.2, -0.15) is 0 Å². The molecule has 0 aliphatic carbocycles. The maximum Gasteiger partial charge on any atom is 0.351 e. The molecule has 0 amide bonds. The van der Waals surface area contributed by atoms with Crippen LogP contribution in [0.15, 0.2) is 5.16 Å². The summed E-state index contributed by atoms with van der Waals surface area (Å²) in [5.41, 5.74) is -1.76. The summed E-state index contributed by atoms with van der Waals surface area (Å²) in [6.07, 6.45) is 0. The molecule has 1 aromatic rings. The molecule has 0 aromatic carbocycles. The van der Waals surface area contributed by atoms with Crippen LogP contribution in [-0.4, -0.2) is 32.8 Å². The fourth-order valence-electron chi connectivity index (χ4n) is 0.839. The Morgan fingerprint density at radius 3 is 2.80 bits per heavy atom. The van der Waals surface area contributed by atoms with E-state index in [4.69, 9.17) is 0 Å². The number of ether oxygens (including phenoxy) is 1. The topological polar surface area (TPSA) is 57.0 Å². The standard InChI is InChI=1S/C8H12FN3O2S/c1-4-14-7(13)6(9)15-8-11-10-5(2)12(8)3/h6H,4H2,1-3H3. The molecule has 5 nitrogen and oxygen atoms in total. The quantitative estimate of drug-likeness (QED) is 0.575. The van der Waals surface area contributed by atoms with Gasteiger partial charge in [0.25, 0.3) is 0 Å². The van der Waals surface area contributed by atoms with Gasteiger partial charge in [0.2, 0.25) is 5.50 Å². The highest BCUT2D eigenvalue weighted by Gasteiger charge is 2.22. The van der Waals surface area contributed by atoms with Gasteiger partial charge in [-0.15, -0.1) is 10.2 Å². The second kappa shape index (κ2) is 5.11. The van der Waals surface area contributed by atoms with E-state index in [1.165, 1.54) is 0 Å². The van der Waals surface area contributed by atoms with E-state index in [-0.39, 0.29) is 6.61 Å². The molecule has 1 atom stereocenters. The van der Waals surface area contributed by atoms with Crippen molar-refractivity contribution < 1.29 is 13.9 Å². The number of aryl methyl sites for hydroxylation is 1. The van der Waals surface area contributed by atoms with E-state index >= 15 is 0 Å². The molecule has 0 aliphatic heterocycles. The molecule has 0 spiro atoms. The molecule has 0 saturated heterocycles. The lowest BCUT2D eigenvalue weighted by Crippen LogP contribution is -2.16. The molecule has 1 unspecified atom stereocenters. The van der Waals surface area contributed by atoms with Crippen molar-refractivity contribution in [1.82, 2.24) is 14.8 Å². The molecular weight excluding hydrogens is 221 g/mol. The van der Waals surface area contributed by atoms with Crippen molar-refractivity contribution in [3.05, 3.63) is 5.82 Å². The van der Waals surface area contributed by atoms with Crippen LogP contribution >= 0.6 is 11.8 Å². The van der Waals surface area contributed by atoms with E-state index in [1.54, 1.807) is 25.5 Å². The van der Waals surface area contributed by atoms with Crippen LogP contribution in [0.2, 0.25) is 0 Å². The van der Waals surface area contributed by atoms with Crippen molar-refractivity contribution in [2.75, 3.05) is 6.61 Å². The number of hydrogen-bond acceptors (Lipinski definition) is 5. The average Bonchev–Trinajstić information content (AvgIpc) is 2.50. The zero-order valence-corrected chi connectivity index (χ0v) is 9.55. The number of esters is 1. The van der Waals surface area contributed by atoms with Crippen LogP contribution < -0.4 is 0 Å². The Morgan fingerprint density at radius 1 is 1.67 bits per heavy atom. The molecule has 84 valence electrons. The van der Waals surface area contributed by atoms with Gasteiger partial charge in [0.1, 0.15) is 5.82 Å². The lowest BCUT2D eigenvalue weighted by Gasteiger charge is -2.06. The SMILES string of the molecule is CCOC(=O)C(F)Sc1nnc(C)n1C. The zero-order valence-electron chi connectivity index (χ0n) is 8.73. The second-order valence-electron chi connectivity index (χ2n) is 2.77. The van der Waals surface area contributed by atoms with Crippen LogP contribution in [0.1, 0.15) is 12.7 Å². The summed E-state index contributed by atoms with van der Waals surface area (Å²) in [5.74, 6) is -0.225. The van der Waals surface area contributed by atoms with Gasteiger partial charge in [-0.3, -0.25) is 0 Å². The number of aromatic nitrogens is 3. The number of hydrogen-bond donors (Lipinski definition) is 0. The molecule has 15 heavy (non-hydrogen) atoms. The molecule has 1 aromatic heterocycles. The fraction of sp³-hybridized carbons (Fsp3) is 0.625. The Kier molecular flexibility index (Phi) is 4.07. The predicted octanol–water partition coefficient (Wildman–Crippen LogP) is 1.07.